The van der Waals surface area contributed by atoms with Crippen molar-refractivity contribution in [1.82, 2.24) is 15.5 Å². The minimum Gasteiger partial charge on any atom is -0.477 e. The molecule has 232 valence electrons. The standard InChI is InChI=1S/C33H38N4O7/c1-22-29(32(38)42-3)31(25-14-11-15-27(20-25)37(40)41)30(23(2)34-22)33(39)44-19-10-5-4-9-18-43-28-21-26(35-36-28)17-16-24-12-7-6-8-13-24/h6-8,11-15,20-21,31,34H,4-5,9-10,16-19H2,1-3H3,(H,35,36). The molecule has 0 bridgehead atoms. The van der Waals surface area contributed by atoms with Crippen LogP contribution in [-0.2, 0) is 31.9 Å². The Balaban J connectivity index is 1.24. The van der Waals surface area contributed by atoms with Crippen LogP contribution in [0.4, 0.5) is 5.69 Å². The molecule has 3 aromatic rings. The molecule has 0 saturated carbocycles. The van der Waals surface area contributed by atoms with Crippen molar-refractivity contribution in [2.24, 2.45) is 0 Å². The zero-order valence-electron chi connectivity index (χ0n) is 25.3. The largest absolute Gasteiger partial charge is 0.477 e. The average molecular weight is 603 g/mol. The Kier molecular flexibility index (Phi) is 11.3. The first-order valence-electron chi connectivity index (χ1n) is 14.7. The number of H-pyrrole nitrogens is 1. The summed E-state index contributed by atoms with van der Waals surface area (Å²) in [6.07, 6.45) is 4.98. The van der Waals surface area contributed by atoms with Gasteiger partial charge < -0.3 is 19.5 Å². The summed E-state index contributed by atoms with van der Waals surface area (Å²) in [4.78, 5) is 37.0. The van der Waals surface area contributed by atoms with Crippen LogP contribution < -0.4 is 10.1 Å². The summed E-state index contributed by atoms with van der Waals surface area (Å²) in [5.74, 6) is -1.52. The SMILES string of the molecule is COC(=O)C1=C(C)NC(C)=C(C(=O)OCCCCCCOc2cc(CCc3ccccc3)[nH]n2)C1c1cccc([N+](=O)[O-])c1. The van der Waals surface area contributed by atoms with Crippen LogP contribution in [-0.4, -0.2) is 47.4 Å². The number of nitro groups is 1. The molecule has 1 aliphatic rings. The average Bonchev–Trinajstić information content (AvgIpc) is 3.48. The lowest BCUT2D eigenvalue weighted by atomic mass is 9.80. The maximum Gasteiger partial charge on any atom is 0.336 e. The highest BCUT2D eigenvalue weighted by molar-refractivity contribution is 5.99. The van der Waals surface area contributed by atoms with Gasteiger partial charge in [0.05, 0.1) is 42.3 Å². The molecule has 0 amide bonds. The van der Waals surface area contributed by atoms with Crippen LogP contribution in [0.15, 0.2) is 83.2 Å². The number of unbranched alkanes of at least 4 members (excludes halogenated alkanes) is 3. The minimum absolute atomic E-state index is 0.145. The maximum atomic E-state index is 13.3. The fourth-order valence-corrected chi connectivity index (χ4v) is 5.24. The number of methoxy groups -OCH3 is 1. The van der Waals surface area contributed by atoms with Gasteiger partial charge in [-0.25, -0.2) is 9.59 Å². The summed E-state index contributed by atoms with van der Waals surface area (Å²) in [7, 11) is 1.25. The van der Waals surface area contributed by atoms with Crippen molar-refractivity contribution in [3.8, 4) is 5.88 Å². The lowest BCUT2D eigenvalue weighted by Crippen LogP contribution is -2.32. The Morgan fingerprint density at radius 1 is 0.886 bits per heavy atom. The third kappa shape index (κ3) is 8.33. The topological polar surface area (TPSA) is 146 Å². The number of ether oxygens (including phenoxy) is 3. The lowest BCUT2D eigenvalue weighted by Gasteiger charge is -2.30. The number of nitro benzene ring substituents is 1. The molecule has 2 heterocycles. The molecule has 0 spiro atoms. The van der Waals surface area contributed by atoms with Crippen molar-refractivity contribution in [2.75, 3.05) is 20.3 Å². The Hall–Kier alpha value is -4.93. The van der Waals surface area contributed by atoms with Crippen LogP contribution in [0.3, 0.4) is 0 Å². The molecule has 0 fully saturated rings. The van der Waals surface area contributed by atoms with Crippen molar-refractivity contribution in [3.63, 3.8) is 0 Å². The van der Waals surface area contributed by atoms with Crippen LogP contribution in [0.2, 0.25) is 0 Å². The number of nitrogens with zero attached hydrogens (tertiary/aromatic N) is 2. The zero-order valence-corrected chi connectivity index (χ0v) is 25.3. The first-order valence-corrected chi connectivity index (χ1v) is 14.7. The fraction of sp³-hybridized carbons (Fsp3) is 0.364. The van der Waals surface area contributed by atoms with Gasteiger partial charge in [-0.15, -0.1) is 5.10 Å². The third-order valence-corrected chi connectivity index (χ3v) is 7.45. The number of aromatic nitrogens is 2. The number of allylic oxidation sites excluding steroid dienone is 2. The summed E-state index contributed by atoms with van der Waals surface area (Å²) in [6, 6.07) is 18.1. The number of carbonyl (C=O) groups excluding carboxylic acids is 2. The molecule has 2 aromatic carbocycles. The van der Waals surface area contributed by atoms with Crippen molar-refractivity contribution in [3.05, 3.63) is 110 Å². The van der Waals surface area contributed by atoms with Gasteiger partial charge in [-0.2, -0.15) is 0 Å². The molecule has 1 aromatic heterocycles. The molecule has 0 saturated heterocycles. The molecule has 0 radical (unpaired) electrons. The highest BCUT2D eigenvalue weighted by Crippen LogP contribution is 2.40. The Morgan fingerprint density at radius 2 is 1.59 bits per heavy atom. The summed E-state index contributed by atoms with van der Waals surface area (Å²) in [5.41, 5.74) is 4.01. The Labute approximate surface area is 256 Å². The van der Waals surface area contributed by atoms with Gasteiger partial charge in [-0.3, -0.25) is 15.2 Å². The fourth-order valence-electron chi connectivity index (χ4n) is 5.24. The summed E-state index contributed by atoms with van der Waals surface area (Å²) >= 11 is 0. The van der Waals surface area contributed by atoms with Gasteiger partial charge in [0.25, 0.3) is 5.69 Å². The van der Waals surface area contributed by atoms with Gasteiger partial charge in [0.1, 0.15) is 0 Å². The number of aromatic amines is 1. The van der Waals surface area contributed by atoms with Gasteiger partial charge in [0, 0.05) is 35.3 Å². The van der Waals surface area contributed by atoms with E-state index in [-0.39, 0.29) is 23.4 Å². The Bertz CT molecular complexity index is 1530. The number of dihydropyridines is 1. The molecule has 0 aliphatic carbocycles. The number of rotatable bonds is 15. The van der Waals surface area contributed by atoms with E-state index in [2.05, 4.69) is 27.6 Å². The van der Waals surface area contributed by atoms with Gasteiger partial charge in [-0.05, 0) is 63.5 Å². The molecule has 2 N–H and O–H groups in total. The number of carbonyl (C=O) groups is 2. The molecule has 1 aliphatic heterocycles. The maximum absolute atomic E-state index is 13.3. The smallest absolute Gasteiger partial charge is 0.336 e. The normalized spacial score (nSPS) is 14.7. The number of non-ortho nitro benzene ring substituents is 1. The number of esters is 2. The predicted octanol–water partition coefficient (Wildman–Crippen LogP) is 5.69. The molecule has 11 nitrogen and oxygen atoms in total. The third-order valence-electron chi connectivity index (χ3n) is 7.45. The molecule has 44 heavy (non-hydrogen) atoms. The monoisotopic (exact) mass is 602 g/mol. The van der Waals surface area contributed by atoms with Gasteiger partial charge in [0.15, 0.2) is 0 Å². The zero-order chi connectivity index (χ0) is 31.5. The second-order valence-electron chi connectivity index (χ2n) is 10.6. The quantitative estimate of drug-likeness (QED) is 0.0969. The highest BCUT2D eigenvalue weighted by atomic mass is 16.6. The molecule has 11 heteroatoms. The van der Waals surface area contributed by atoms with E-state index in [1.807, 2.05) is 24.3 Å². The van der Waals surface area contributed by atoms with Crippen molar-refractivity contribution >= 4 is 17.6 Å². The van der Waals surface area contributed by atoms with E-state index in [9.17, 15) is 19.7 Å². The molecule has 1 atom stereocenters. The second-order valence-corrected chi connectivity index (χ2v) is 10.6. The van der Waals surface area contributed by atoms with E-state index >= 15 is 0 Å². The number of aryl methyl sites for hydroxylation is 2. The van der Waals surface area contributed by atoms with Crippen LogP contribution in [0.5, 0.6) is 5.88 Å². The Morgan fingerprint density at radius 3 is 2.30 bits per heavy atom. The second kappa shape index (κ2) is 15.5. The number of benzene rings is 2. The van der Waals surface area contributed by atoms with E-state index in [1.165, 1.54) is 30.9 Å². The van der Waals surface area contributed by atoms with E-state index in [0.29, 0.717) is 35.9 Å². The molecule has 4 rings (SSSR count). The van der Waals surface area contributed by atoms with E-state index < -0.39 is 22.8 Å². The van der Waals surface area contributed by atoms with E-state index in [0.717, 1.165) is 37.8 Å². The first-order chi connectivity index (χ1) is 21.3. The van der Waals surface area contributed by atoms with Crippen LogP contribution in [0.1, 0.15) is 62.3 Å². The summed E-state index contributed by atoms with van der Waals surface area (Å²) in [5, 5.41) is 21.8. The highest BCUT2D eigenvalue weighted by Gasteiger charge is 2.38. The molecular weight excluding hydrogens is 564 g/mol. The van der Waals surface area contributed by atoms with Crippen LogP contribution >= 0.6 is 0 Å². The summed E-state index contributed by atoms with van der Waals surface area (Å²) in [6.45, 7) is 4.14. The number of hydrogen-bond acceptors (Lipinski definition) is 9. The van der Waals surface area contributed by atoms with Crippen molar-refractivity contribution < 1.29 is 28.7 Å². The summed E-state index contributed by atoms with van der Waals surface area (Å²) < 4.78 is 16.4. The van der Waals surface area contributed by atoms with Crippen LogP contribution in [0, 0.1) is 10.1 Å². The van der Waals surface area contributed by atoms with Gasteiger partial charge >= 0.3 is 11.9 Å². The minimum atomic E-state index is -0.880. The molecule has 1 unspecified atom stereocenters. The van der Waals surface area contributed by atoms with Gasteiger partial charge in [0.2, 0.25) is 5.88 Å². The number of hydrogen-bond donors (Lipinski definition) is 2. The lowest BCUT2D eigenvalue weighted by molar-refractivity contribution is -0.384. The first kappa shape index (κ1) is 32.0. The van der Waals surface area contributed by atoms with Crippen molar-refractivity contribution in [2.45, 2.75) is 58.3 Å². The predicted molar refractivity (Wildman–Crippen MR) is 164 cm³/mol. The van der Waals surface area contributed by atoms with Gasteiger partial charge in [-0.1, -0.05) is 42.5 Å². The van der Waals surface area contributed by atoms with Crippen LogP contribution in [0.25, 0.3) is 0 Å². The van der Waals surface area contributed by atoms with Crippen molar-refractivity contribution in [1.29, 1.82) is 0 Å². The number of nitrogens with one attached hydrogen (secondary N) is 2. The van der Waals surface area contributed by atoms with E-state index in [1.54, 1.807) is 19.9 Å². The van der Waals surface area contributed by atoms with E-state index in [4.69, 9.17) is 14.2 Å². The molecular formula is C33H38N4O7.